The number of sulfonamides is 1. The first kappa shape index (κ1) is 17.6. The SMILES string of the molecule is CCOC(=O)[C@@H]1Cc2ccccc2CN1S(=O)(=O)c1ccccc1F. The molecule has 1 aliphatic heterocycles. The fourth-order valence-electron chi connectivity index (χ4n) is 2.97. The molecule has 0 amide bonds. The van der Waals surface area contributed by atoms with Gasteiger partial charge in [-0.1, -0.05) is 36.4 Å². The summed E-state index contributed by atoms with van der Waals surface area (Å²) in [6, 6.07) is 11.4. The summed E-state index contributed by atoms with van der Waals surface area (Å²) in [7, 11) is -4.19. The number of esters is 1. The zero-order valence-electron chi connectivity index (χ0n) is 13.7. The van der Waals surface area contributed by atoms with Crippen LogP contribution in [0.5, 0.6) is 0 Å². The fourth-order valence-corrected chi connectivity index (χ4v) is 4.59. The van der Waals surface area contributed by atoms with Crippen molar-refractivity contribution in [3.8, 4) is 0 Å². The lowest BCUT2D eigenvalue weighted by Gasteiger charge is -2.34. The molecule has 0 N–H and O–H groups in total. The monoisotopic (exact) mass is 363 g/mol. The summed E-state index contributed by atoms with van der Waals surface area (Å²) in [5, 5.41) is 0. The van der Waals surface area contributed by atoms with Crippen LogP contribution < -0.4 is 0 Å². The van der Waals surface area contributed by atoms with Gasteiger partial charge in [-0.2, -0.15) is 4.31 Å². The highest BCUT2D eigenvalue weighted by molar-refractivity contribution is 7.89. The molecule has 0 radical (unpaired) electrons. The zero-order valence-corrected chi connectivity index (χ0v) is 14.5. The Bertz CT molecular complexity index is 897. The number of benzene rings is 2. The molecule has 0 unspecified atom stereocenters. The van der Waals surface area contributed by atoms with E-state index in [-0.39, 0.29) is 19.6 Å². The highest BCUT2D eigenvalue weighted by atomic mass is 32.2. The molecule has 1 heterocycles. The molecule has 25 heavy (non-hydrogen) atoms. The molecule has 7 heteroatoms. The number of rotatable bonds is 4. The Balaban J connectivity index is 2.07. The number of hydrogen-bond donors (Lipinski definition) is 0. The van der Waals surface area contributed by atoms with Gasteiger partial charge >= 0.3 is 5.97 Å². The maximum absolute atomic E-state index is 14.1. The van der Waals surface area contributed by atoms with Crippen molar-refractivity contribution < 1.29 is 22.3 Å². The van der Waals surface area contributed by atoms with E-state index in [1.807, 2.05) is 12.1 Å². The molecule has 2 aromatic rings. The average Bonchev–Trinajstić information content (AvgIpc) is 2.61. The summed E-state index contributed by atoms with van der Waals surface area (Å²) in [6.45, 7) is 1.80. The van der Waals surface area contributed by atoms with Crippen molar-refractivity contribution in [3.05, 3.63) is 65.5 Å². The summed E-state index contributed by atoms with van der Waals surface area (Å²) < 4.78 is 46.2. The van der Waals surface area contributed by atoms with Crippen LogP contribution in [0.25, 0.3) is 0 Å². The third-order valence-electron chi connectivity index (χ3n) is 4.19. The minimum Gasteiger partial charge on any atom is -0.465 e. The van der Waals surface area contributed by atoms with Gasteiger partial charge < -0.3 is 4.74 Å². The number of hydrogen-bond acceptors (Lipinski definition) is 4. The van der Waals surface area contributed by atoms with Crippen molar-refractivity contribution in [3.63, 3.8) is 0 Å². The second-order valence-electron chi connectivity index (χ2n) is 5.72. The van der Waals surface area contributed by atoms with Crippen molar-refractivity contribution in [2.75, 3.05) is 6.61 Å². The van der Waals surface area contributed by atoms with Crippen LogP contribution in [0.15, 0.2) is 53.4 Å². The Labute approximate surface area is 146 Å². The molecule has 1 atom stereocenters. The van der Waals surface area contributed by atoms with Gasteiger partial charge in [-0.15, -0.1) is 0 Å². The number of carbonyl (C=O) groups excluding carboxylic acids is 1. The van der Waals surface area contributed by atoms with Gasteiger partial charge in [-0.3, -0.25) is 4.79 Å². The van der Waals surface area contributed by atoms with Crippen molar-refractivity contribution in [1.29, 1.82) is 0 Å². The summed E-state index contributed by atoms with van der Waals surface area (Å²) in [5.74, 6) is -1.47. The molecule has 0 saturated carbocycles. The largest absolute Gasteiger partial charge is 0.465 e. The zero-order chi connectivity index (χ0) is 18.0. The summed E-state index contributed by atoms with van der Waals surface area (Å²) in [6.07, 6.45) is 0.197. The summed E-state index contributed by atoms with van der Waals surface area (Å²) >= 11 is 0. The van der Waals surface area contributed by atoms with Crippen molar-refractivity contribution in [1.82, 2.24) is 4.31 Å². The van der Waals surface area contributed by atoms with E-state index in [9.17, 15) is 17.6 Å². The van der Waals surface area contributed by atoms with E-state index < -0.39 is 32.7 Å². The number of halogens is 1. The van der Waals surface area contributed by atoms with Gasteiger partial charge in [-0.25, -0.2) is 12.8 Å². The molecule has 5 nitrogen and oxygen atoms in total. The van der Waals surface area contributed by atoms with Gasteiger partial charge in [-0.05, 0) is 30.2 Å². The maximum atomic E-state index is 14.1. The van der Waals surface area contributed by atoms with E-state index in [4.69, 9.17) is 4.74 Å². The molecule has 0 aromatic heterocycles. The standard InChI is InChI=1S/C18H18FNO4S/c1-2-24-18(21)16-11-13-7-3-4-8-14(13)12-20(16)25(22,23)17-10-6-5-9-15(17)19/h3-10,16H,2,11-12H2,1H3/t16-/m0/s1. The van der Waals surface area contributed by atoms with E-state index in [1.165, 1.54) is 18.2 Å². The van der Waals surface area contributed by atoms with Crippen LogP contribution in [-0.4, -0.2) is 31.3 Å². The normalized spacial score (nSPS) is 17.8. The fraction of sp³-hybridized carbons (Fsp3) is 0.278. The molecule has 0 bridgehead atoms. The van der Waals surface area contributed by atoms with Gasteiger partial charge in [0.05, 0.1) is 6.61 Å². The maximum Gasteiger partial charge on any atom is 0.324 e. The Morgan fingerprint density at radius 2 is 1.80 bits per heavy atom. The van der Waals surface area contributed by atoms with Gasteiger partial charge in [0, 0.05) is 13.0 Å². The van der Waals surface area contributed by atoms with Crippen LogP contribution in [0.2, 0.25) is 0 Å². The van der Waals surface area contributed by atoms with Crippen LogP contribution >= 0.6 is 0 Å². The molecule has 3 rings (SSSR count). The quantitative estimate of drug-likeness (QED) is 0.783. The molecule has 2 aromatic carbocycles. The van der Waals surface area contributed by atoms with Crippen molar-refractivity contribution in [2.45, 2.75) is 30.8 Å². The Morgan fingerprint density at radius 1 is 1.16 bits per heavy atom. The van der Waals surface area contributed by atoms with E-state index in [2.05, 4.69) is 0 Å². The Morgan fingerprint density at radius 3 is 2.48 bits per heavy atom. The van der Waals surface area contributed by atoms with E-state index in [0.717, 1.165) is 21.5 Å². The van der Waals surface area contributed by atoms with E-state index in [1.54, 1.807) is 19.1 Å². The highest BCUT2D eigenvalue weighted by Gasteiger charge is 2.41. The highest BCUT2D eigenvalue weighted by Crippen LogP contribution is 2.30. The minimum absolute atomic E-state index is 0.00365. The minimum atomic E-state index is -4.19. The Kier molecular flexibility index (Phi) is 4.87. The first-order chi connectivity index (χ1) is 11.9. The van der Waals surface area contributed by atoms with E-state index >= 15 is 0 Å². The average molecular weight is 363 g/mol. The third kappa shape index (κ3) is 3.29. The number of carbonyl (C=O) groups is 1. The van der Waals surface area contributed by atoms with Crippen LogP contribution in [0, 0.1) is 5.82 Å². The molecule has 0 fully saturated rings. The third-order valence-corrected chi connectivity index (χ3v) is 6.08. The predicted octanol–water partition coefficient (Wildman–Crippen LogP) is 2.50. The first-order valence-electron chi connectivity index (χ1n) is 7.95. The molecule has 1 aliphatic rings. The van der Waals surface area contributed by atoms with Gasteiger partial charge in [0.2, 0.25) is 10.0 Å². The lowest BCUT2D eigenvalue weighted by Crippen LogP contribution is -2.49. The predicted molar refractivity (Wildman–Crippen MR) is 89.7 cm³/mol. The van der Waals surface area contributed by atoms with Crippen LogP contribution in [0.4, 0.5) is 4.39 Å². The number of fused-ring (bicyclic) bond motifs is 1. The molecule has 132 valence electrons. The number of ether oxygens (including phenoxy) is 1. The van der Waals surface area contributed by atoms with Gasteiger partial charge in [0.15, 0.2) is 0 Å². The lowest BCUT2D eigenvalue weighted by molar-refractivity contribution is -0.148. The van der Waals surface area contributed by atoms with Gasteiger partial charge in [0.1, 0.15) is 16.8 Å². The van der Waals surface area contributed by atoms with Crippen LogP contribution in [0.1, 0.15) is 18.1 Å². The molecule has 0 saturated heterocycles. The molecular formula is C18H18FNO4S. The van der Waals surface area contributed by atoms with Crippen LogP contribution in [0.3, 0.4) is 0 Å². The second kappa shape index (κ2) is 6.93. The number of nitrogens with zero attached hydrogens (tertiary/aromatic N) is 1. The van der Waals surface area contributed by atoms with Crippen molar-refractivity contribution >= 4 is 16.0 Å². The van der Waals surface area contributed by atoms with E-state index in [0.29, 0.717) is 0 Å². The van der Waals surface area contributed by atoms with Gasteiger partial charge in [0.25, 0.3) is 0 Å². The smallest absolute Gasteiger partial charge is 0.324 e. The van der Waals surface area contributed by atoms with Crippen molar-refractivity contribution in [2.24, 2.45) is 0 Å². The summed E-state index contributed by atoms with van der Waals surface area (Å²) in [4.78, 5) is 11.9. The molecule has 0 spiro atoms. The van der Waals surface area contributed by atoms with Crippen LogP contribution in [-0.2, 0) is 32.5 Å². The first-order valence-corrected chi connectivity index (χ1v) is 9.39. The molecular weight excluding hydrogens is 345 g/mol. The topological polar surface area (TPSA) is 63.7 Å². The summed E-state index contributed by atoms with van der Waals surface area (Å²) in [5.41, 5.74) is 1.68. The second-order valence-corrected chi connectivity index (χ2v) is 7.58. The molecule has 0 aliphatic carbocycles. The lowest BCUT2D eigenvalue weighted by atomic mass is 9.96. The Hall–Kier alpha value is -2.25.